The topological polar surface area (TPSA) is 33.4 Å². The normalized spacial score (nSPS) is 22.0. The van der Waals surface area contributed by atoms with Crippen molar-refractivity contribution in [3.63, 3.8) is 0 Å². The fraction of sp³-hybridized carbons (Fsp3) is 0.455. The Balaban J connectivity index is 2.16. The highest BCUT2D eigenvalue weighted by atomic mass is 79.9. The van der Waals surface area contributed by atoms with Crippen LogP contribution in [0, 0.1) is 0 Å². The lowest BCUT2D eigenvalue weighted by molar-refractivity contribution is 0.305. The van der Waals surface area contributed by atoms with Gasteiger partial charge < -0.3 is 0 Å². The number of hydrogen-bond donors (Lipinski definition) is 0. The Morgan fingerprint density at radius 3 is 3.12 bits per heavy atom. The standard InChI is InChI=1S/C11H13BrN4/c1-15-5-2-3-8(15)11-14-10(12)9-7-13-4-6-16(9)11/h4,6-8H,2-3,5H2,1H3/t8-/m0/s1. The molecule has 1 aliphatic heterocycles. The molecule has 2 aromatic rings. The summed E-state index contributed by atoms with van der Waals surface area (Å²) in [7, 11) is 2.16. The van der Waals surface area contributed by atoms with Crippen LogP contribution in [0.4, 0.5) is 0 Å². The van der Waals surface area contributed by atoms with E-state index < -0.39 is 0 Å². The molecule has 0 amide bonds. The van der Waals surface area contributed by atoms with Crippen molar-refractivity contribution in [3.05, 3.63) is 29.0 Å². The molecule has 1 atom stereocenters. The van der Waals surface area contributed by atoms with Crippen LogP contribution in [0.1, 0.15) is 24.7 Å². The molecule has 4 nitrogen and oxygen atoms in total. The van der Waals surface area contributed by atoms with E-state index in [1.807, 2.05) is 12.4 Å². The quantitative estimate of drug-likeness (QED) is 0.804. The molecular weight excluding hydrogens is 268 g/mol. The second kappa shape index (κ2) is 3.82. The van der Waals surface area contributed by atoms with Crippen molar-refractivity contribution in [2.75, 3.05) is 13.6 Å². The molecular formula is C11H13BrN4. The smallest absolute Gasteiger partial charge is 0.133 e. The Morgan fingerprint density at radius 2 is 2.38 bits per heavy atom. The molecule has 1 aliphatic rings. The van der Waals surface area contributed by atoms with Crippen LogP contribution in [0.15, 0.2) is 23.2 Å². The summed E-state index contributed by atoms with van der Waals surface area (Å²) >= 11 is 3.49. The van der Waals surface area contributed by atoms with Crippen LogP contribution in [0.3, 0.4) is 0 Å². The maximum atomic E-state index is 4.62. The average molecular weight is 281 g/mol. The van der Waals surface area contributed by atoms with Gasteiger partial charge in [-0.15, -0.1) is 0 Å². The van der Waals surface area contributed by atoms with E-state index in [1.54, 1.807) is 6.20 Å². The van der Waals surface area contributed by atoms with E-state index >= 15 is 0 Å². The number of likely N-dealkylation sites (tertiary alicyclic amines) is 1. The summed E-state index contributed by atoms with van der Waals surface area (Å²) in [6.45, 7) is 1.16. The van der Waals surface area contributed by atoms with Gasteiger partial charge in [-0.1, -0.05) is 0 Å². The van der Waals surface area contributed by atoms with Crippen LogP contribution in [0.5, 0.6) is 0 Å². The first-order chi connectivity index (χ1) is 7.77. The van der Waals surface area contributed by atoms with Gasteiger partial charge in [0.2, 0.25) is 0 Å². The number of imidazole rings is 1. The molecule has 3 rings (SSSR count). The Labute approximate surface area is 102 Å². The van der Waals surface area contributed by atoms with E-state index in [0.717, 1.165) is 22.5 Å². The van der Waals surface area contributed by atoms with E-state index in [0.29, 0.717) is 6.04 Å². The zero-order valence-electron chi connectivity index (χ0n) is 9.10. The van der Waals surface area contributed by atoms with Crippen molar-refractivity contribution in [3.8, 4) is 0 Å². The summed E-state index contributed by atoms with van der Waals surface area (Å²) in [5.74, 6) is 1.12. The third-order valence-electron chi connectivity index (χ3n) is 3.25. The minimum atomic E-state index is 0.432. The van der Waals surface area contributed by atoms with Crippen molar-refractivity contribution in [1.29, 1.82) is 0 Å². The predicted octanol–water partition coefficient (Wildman–Crippen LogP) is 2.26. The monoisotopic (exact) mass is 280 g/mol. The van der Waals surface area contributed by atoms with Gasteiger partial charge in [0.1, 0.15) is 10.4 Å². The minimum Gasteiger partial charge on any atom is -0.298 e. The zero-order chi connectivity index (χ0) is 11.1. The molecule has 0 aromatic carbocycles. The zero-order valence-corrected chi connectivity index (χ0v) is 10.7. The Morgan fingerprint density at radius 1 is 1.50 bits per heavy atom. The van der Waals surface area contributed by atoms with Gasteiger partial charge in [0.05, 0.1) is 17.8 Å². The predicted molar refractivity (Wildman–Crippen MR) is 65.3 cm³/mol. The molecule has 3 heterocycles. The Hall–Kier alpha value is -0.940. The largest absolute Gasteiger partial charge is 0.298 e. The molecule has 0 N–H and O–H groups in total. The maximum absolute atomic E-state index is 4.62. The highest BCUT2D eigenvalue weighted by molar-refractivity contribution is 9.10. The number of fused-ring (bicyclic) bond motifs is 1. The molecule has 1 fully saturated rings. The number of hydrogen-bond acceptors (Lipinski definition) is 3. The molecule has 1 saturated heterocycles. The van der Waals surface area contributed by atoms with Crippen LogP contribution in [-0.4, -0.2) is 32.9 Å². The molecule has 16 heavy (non-hydrogen) atoms. The summed E-state index contributed by atoms with van der Waals surface area (Å²) in [5, 5.41) is 0. The van der Waals surface area contributed by atoms with Crippen LogP contribution in [-0.2, 0) is 0 Å². The van der Waals surface area contributed by atoms with Crippen LogP contribution in [0.25, 0.3) is 5.52 Å². The lowest BCUT2D eigenvalue weighted by Crippen LogP contribution is -2.19. The van der Waals surface area contributed by atoms with Gasteiger partial charge in [0.15, 0.2) is 0 Å². The van der Waals surface area contributed by atoms with Gasteiger partial charge >= 0.3 is 0 Å². The van der Waals surface area contributed by atoms with Gasteiger partial charge in [-0.3, -0.25) is 14.3 Å². The number of rotatable bonds is 1. The number of nitrogens with zero attached hydrogens (tertiary/aromatic N) is 4. The van der Waals surface area contributed by atoms with E-state index in [9.17, 15) is 0 Å². The average Bonchev–Trinajstić information content (AvgIpc) is 2.84. The molecule has 0 radical (unpaired) electrons. The fourth-order valence-corrected chi connectivity index (χ4v) is 2.87. The Kier molecular flexibility index (Phi) is 2.44. The van der Waals surface area contributed by atoms with Gasteiger partial charge in [0, 0.05) is 12.4 Å². The first-order valence-electron chi connectivity index (χ1n) is 5.45. The molecule has 0 spiro atoms. The molecule has 2 aromatic heterocycles. The first-order valence-corrected chi connectivity index (χ1v) is 6.24. The van der Waals surface area contributed by atoms with Crippen molar-refractivity contribution in [1.82, 2.24) is 19.3 Å². The summed E-state index contributed by atoms with van der Waals surface area (Å²) in [6, 6.07) is 0.432. The van der Waals surface area contributed by atoms with Crippen LogP contribution < -0.4 is 0 Å². The lowest BCUT2D eigenvalue weighted by Gasteiger charge is -2.17. The van der Waals surface area contributed by atoms with Gasteiger partial charge in [-0.25, -0.2) is 4.98 Å². The van der Waals surface area contributed by atoms with Gasteiger partial charge in [-0.05, 0) is 42.4 Å². The summed E-state index contributed by atoms with van der Waals surface area (Å²) in [6.07, 6.45) is 8.06. The van der Waals surface area contributed by atoms with E-state index in [1.165, 1.54) is 12.8 Å². The SMILES string of the molecule is CN1CCC[C@H]1c1nc(Br)c2cnccn12. The highest BCUT2D eigenvalue weighted by Gasteiger charge is 2.27. The Bertz CT molecular complexity index is 522. The molecule has 0 unspecified atom stereocenters. The summed E-state index contributed by atoms with van der Waals surface area (Å²) in [5.41, 5.74) is 1.04. The first kappa shape index (κ1) is 10.2. The number of aromatic nitrogens is 3. The maximum Gasteiger partial charge on any atom is 0.133 e. The molecule has 84 valence electrons. The van der Waals surface area contributed by atoms with Gasteiger partial charge in [0.25, 0.3) is 0 Å². The van der Waals surface area contributed by atoms with Crippen molar-refractivity contribution in [2.24, 2.45) is 0 Å². The van der Waals surface area contributed by atoms with E-state index in [4.69, 9.17) is 0 Å². The summed E-state index contributed by atoms with van der Waals surface area (Å²) < 4.78 is 3.01. The molecule has 0 aliphatic carbocycles. The minimum absolute atomic E-state index is 0.432. The van der Waals surface area contributed by atoms with E-state index in [-0.39, 0.29) is 0 Å². The molecule has 5 heteroatoms. The second-order valence-electron chi connectivity index (χ2n) is 4.23. The fourth-order valence-electron chi connectivity index (χ4n) is 2.40. The van der Waals surface area contributed by atoms with E-state index in [2.05, 4.69) is 42.2 Å². The van der Waals surface area contributed by atoms with Crippen molar-refractivity contribution < 1.29 is 0 Å². The third-order valence-corrected chi connectivity index (χ3v) is 3.83. The van der Waals surface area contributed by atoms with Crippen molar-refractivity contribution >= 4 is 21.4 Å². The third kappa shape index (κ3) is 1.46. The second-order valence-corrected chi connectivity index (χ2v) is 4.98. The molecule has 0 saturated carbocycles. The van der Waals surface area contributed by atoms with Crippen LogP contribution >= 0.6 is 15.9 Å². The van der Waals surface area contributed by atoms with Gasteiger partial charge in [-0.2, -0.15) is 0 Å². The summed E-state index contributed by atoms with van der Waals surface area (Å²) in [4.78, 5) is 11.1. The molecule has 0 bridgehead atoms. The van der Waals surface area contributed by atoms with Crippen molar-refractivity contribution in [2.45, 2.75) is 18.9 Å². The van der Waals surface area contributed by atoms with Crippen LogP contribution in [0.2, 0.25) is 0 Å². The lowest BCUT2D eigenvalue weighted by atomic mass is 10.2. The highest BCUT2D eigenvalue weighted by Crippen LogP contribution is 2.31. The number of halogens is 1.